The maximum Gasteiger partial charge on any atom is 0.255 e. The highest BCUT2D eigenvalue weighted by molar-refractivity contribution is 6.69. The molecule has 0 radical (unpaired) electrons. The molecule has 2 aromatic rings. The molecule has 5 nitrogen and oxygen atoms in total. The first-order valence-electron chi connectivity index (χ1n) is 6.40. The van der Waals surface area contributed by atoms with Crippen molar-refractivity contribution in [2.45, 2.75) is 25.8 Å². The summed E-state index contributed by atoms with van der Waals surface area (Å²) in [5, 5.41) is 4.95. The van der Waals surface area contributed by atoms with Crippen LogP contribution in [0.4, 0.5) is 0 Å². The molecule has 0 N–H and O–H groups in total. The van der Waals surface area contributed by atoms with Crippen molar-refractivity contribution >= 4 is 39.5 Å². The van der Waals surface area contributed by atoms with Gasteiger partial charge in [0, 0.05) is 19.4 Å². The molecule has 20 heavy (non-hydrogen) atoms. The molecule has 7 heteroatoms. The fraction of sp³-hybridized carbons (Fsp3) is 0.462. The first-order valence-corrected chi connectivity index (χ1v) is 7.16. The molecule has 1 aliphatic rings. The van der Waals surface area contributed by atoms with Crippen LogP contribution < -0.4 is 0 Å². The van der Waals surface area contributed by atoms with E-state index in [0.29, 0.717) is 16.1 Å². The maximum absolute atomic E-state index is 11.3. The zero-order chi connectivity index (χ0) is 14.3. The lowest BCUT2D eigenvalue weighted by atomic mass is 10.1. The van der Waals surface area contributed by atoms with E-state index in [0.717, 1.165) is 31.7 Å². The van der Waals surface area contributed by atoms with Gasteiger partial charge in [-0.2, -0.15) is 5.10 Å². The van der Waals surface area contributed by atoms with E-state index < -0.39 is 5.24 Å². The second kappa shape index (κ2) is 5.31. The van der Waals surface area contributed by atoms with Crippen LogP contribution in [0.25, 0.3) is 11.0 Å². The number of rotatable bonds is 2. The van der Waals surface area contributed by atoms with E-state index in [4.69, 9.17) is 27.9 Å². The number of carbonyl (C=O) groups excluding carboxylic acids is 1. The van der Waals surface area contributed by atoms with Crippen molar-refractivity contribution in [1.29, 1.82) is 0 Å². The summed E-state index contributed by atoms with van der Waals surface area (Å²) in [6.07, 6.45) is 3.20. The van der Waals surface area contributed by atoms with Crippen LogP contribution in [0.3, 0.4) is 0 Å². The van der Waals surface area contributed by atoms with Crippen LogP contribution in [0.1, 0.15) is 34.9 Å². The zero-order valence-electron chi connectivity index (χ0n) is 10.9. The summed E-state index contributed by atoms with van der Waals surface area (Å²) in [5.41, 5.74) is 1.67. The highest BCUT2D eigenvalue weighted by atomic mass is 35.5. The fourth-order valence-corrected chi connectivity index (χ4v) is 3.10. The normalized spacial score (nSPS) is 16.8. The second-order valence-corrected chi connectivity index (χ2v) is 5.55. The smallest absolute Gasteiger partial charge is 0.255 e. The Bertz CT molecular complexity index is 678. The maximum atomic E-state index is 11.3. The third-order valence-corrected chi connectivity index (χ3v) is 4.18. The Labute approximate surface area is 125 Å². The summed E-state index contributed by atoms with van der Waals surface area (Å²) in [6.45, 7) is 3.29. The molecule has 0 aliphatic carbocycles. The third-order valence-electron chi connectivity index (χ3n) is 3.58. The average Bonchev–Trinajstić information content (AvgIpc) is 2.78. The van der Waals surface area contributed by atoms with Crippen LogP contribution in [0.15, 0.2) is 6.20 Å². The summed E-state index contributed by atoms with van der Waals surface area (Å²) in [6, 6.07) is 0.251. The molecule has 0 amide bonds. The standard InChI is InChI=1S/C13H13Cl2N3O2/c1-7-10-11(14)9(12(15)19)6-16-13(10)18(17-7)8-2-4-20-5-3-8/h6,8H,2-5H2,1H3. The lowest BCUT2D eigenvalue weighted by Crippen LogP contribution is -2.20. The number of halogens is 2. The number of hydrogen-bond acceptors (Lipinski definition) is 4. The summed E-state index contributed by atoms with van der Waals surface area (Å²) in [7, 11) is 0. The minimum Gasteiger partial charge on any atom is -0.381 e. The van der Waals surface area contributed by atoms with E-state index in [9.17, 15) is 4.79 Å². The largest absolute Gasteiger partial charge is 0.381 e. The predicted molar refractivity (Wildman–Crippen MR) is 76.5 cm³/mol. The number of aromatic nitrogens is 3. The van der Waals surface area contributed by atoms with E-state index in [1.165, 1.54) is 6.20 Å². The predicted octanol–water partition coefficient (Wildman–Crippen LogP) is 3.12. The van der Waals surface area contributed by atoms with E-state index in [2.05, 4.69) is 10.1 Å². The highest BCUT2D eigenvalue weighted by Crippen LogP contribution is 2.32. The Morgan fingerprint density at radius 1 is 1.45 bits per heavy atom. The number of hydrogen-bond donors (Lipinski definition) is 0. The topological polar surface area (TPSA) is 57.0 Å². The van der Waals surface area contributed by atoms with E-state index in [1.54, 1.807) is 0 Å². The lowest BCUT2D eigenvalue weighted by molar-refractivity contribution is 0.0672. The SMILES string of the molecule is Cc1nn(C2CCOCC2)c2ncc(C(=O)Cl)c(Cl)c12. The molecule has 0 atom stereocenters. The average molecular weight is 314 g/mol. The summed E-state index contributed by atoms with van der Waals surface area (Å²) in [5.74, 6) is 0. The van der Waals surface area contributed by atoms with Crippen molar-refractivity contribution in [1.82, 2.24) is 14.8 Å². The first kappa shape index (κ1) is 13.8. The van der Waals surface area contributed by atoms with E-state index >= 15 is 0 Å². The van der Waals surface area contributed by atoms with Gasteiger partial charge in [-0.05, 0) is 31.4 Å². The van der Waals surface area contributed by atoms with Crippen LogP contribution >= 0.6 is 23.2 Å². The van der Waals surface area contributed by atoms with Crippen LogP contribution in [0.2, 0.25) is 5.02 Å². The second-order valence-electron chi connectivity index (χ2n) is 4.83. The van der Waals surface area contributed by atoms with Crippen molar-refractivity contribution < 1.29 is 9.53 Å². The first-order chi connectivity index (χ1) is 9.59. The van der Waals surface area contributed by atoms with Gasteiger partial charge in [0.25, 0.3) is 5.24 Å². The van der Waals surface area contributed by atoms with Crippen molar-refractivity contribution in [3.05, 3.63) is 22.5 Å². The molecule has 106 valence electrons. The molecule has 0 saturated carbocycles. The quantitative estimate of drug-likeness (QED) is 0.799. The van der Waals surface area contributed by atoms with Gasteiger partial charge in [-0.25, -0.2) is 9.67 Å². The fourth-order valence-electron chi connectivity index (χ4n) is 2.55. The van der Waals surface area contributed by atoms with Gasteiger partial charge in [0.2, 0.25) is 0 Å². The van der Waals surface area contributed by atoms with Gasteiger partial charge in [-0.3, -0.25) is 4.79 Å². The third kappa shape index (κ3) is 2.20. The molecular weight excluding hydrogens is 301 g/mol. The van der Waals surface area contributed by atoms with Crippen molar-refractivity contribution in [3.63, 3.8) is 0 Å². The number of nitrogens with zero attached hydrogens (tertiary/aromatic N) is 3. The highest BCUT2D eigenvalue weighted by Gasteiger charge is 2.23. The molecule has 1 aliphatic heterocycles. The van der Waals surface area contributed by atoms with E-state index in [-0.39, 0.29) is 11.6 Å². The Morgan fingerprint density at radius 3 is 2.80 bits per heavy atom. The number of fused-ring (bicyclic) bond motifs is 1. The summed E-state index contributed by atoms with van der Waals surface area (Å²) >= 11 is 11.8. The van der Waals surface area contributed by atoms with Gasteiger partial charge >= 0.3 is 0 Å². The van der Waals surface area contributed by atoms with Gasteiger partial charge in [-0.1, -0.05) is 11.6 Å². The molecule has 3 heterocycles. The molecule has 3 rings (SSSR count). The van der Waals surface area contributed by atoms with Gasteiger partial charge in [0.1, 0.15) is 0 Å². The Morgan fingerprint density at radius 2 is 2.15 bits per heavy atom. The van der Waals surface area contributed by atoms with Crippen molar-refractivity contribution in [2.24, 2.45) is 0 Å². The van der Waals surface area contributed by atoms with Crippen LogP contribution in [-0.2, 0) is 4.74 Å². The van der Waals surface area contributed by atoms with Gasteiger partial charge in [-0.15, -0.1) is 0 Å². The van der Waals surface area contributed by atoms with Crippen LogP contribution in [-0.4, -0.2) is 33.2 Å². The van der Waals surface area contributed by atoms with Crippen molar-refractivity contribution in [2.75, 3.05) is 13.2 Å². The lowest BCUT2D eigenvalue weighted by Gasteiger charge is -2.22. The molecule has 1 fully saturated rings. The Hall–Kier alpha value is -1.17. The molecule has 1 saturated heterocycles. The molecule has 0 aromatic carbocycles. The van der Waals surface area contributed by atoms with Gasteiger partial charge in [0.05, 0.1) is 27.7 Å². The summed E-state index contributed by atoms with van der Waals surface area (Å²) in [4.78, 5) is 15.7. The molecule has 0 unspecified atom stereocenters. The molecular formula is C13H13Cl2N3O2. The monoisotopic (exact) mass is 313 g/mol. The number of pyridine rings is 1. The summed E-state index contributed by atoms with van der Waals surface area (Å²) < 4.78 is 7.26. The molecule has 0 bridgehead atoms. The zero-order valence-corrected chi connectivity index (χ0v) is 12.4. The minimum atomic E-state index is -0.609. The van der Waals surface area contributed by atoms with E-state index in [1.807, 2.05) is 11.6 Å². The van der Waals surface area contributed by atoms with Crippen molar-refractivity contribution in [3.8, 4) is 0 Å². The molecule has 2 aromatic heterocycles. The Balaban J connectivity index is 2.16. The number of ether oxygens (including phenoxy) is 1. The van der Waals surface area contributed by atoms with Gasteiger partial charge in [0.15, 0.2) is 5.65 Å². The number of carbonyl (C=O) groups is 1. The Kier molecular flexibility index (Phi) is 3.67. The number of aryl methyl sites for hydroxylation is 1. The van der Waals surface area contributed by atoms with Gasteiger partial charge < -0.3 is 4.74 Å². The minimum absolute atomic E-state index is 0.218. The van der Waals surface area contributed by atoms with Crippen LogP contribution in [0, 0.1) is 6.92 Å². The molecule has 0 spiro atoms. The van der Waals surface area contributed by atoms with Crippen LogP contribution in [0.5, 0.6) is 0 Å².